The number of carbonyl (C=O) groups is 2. The number of nitrogens with zero attached hydrogens (tertiary/aromatic N) is 1. The first-order chi connectivity index (χ1) is 9.97. The number of amides is 1. The van der Waals surface area contributed by atoms with E-state index in [0.29, 0.717) is 25.9 Å². The molecule has 2 heterocycles. The van der Waals surface area contributed by atoms with Crippen LogP contribution in [0.2, 0.25) is 0 Å². The highest BCUT2D eigenvalue weighted by atomic mass is 32.1. The van der Waals surface area contributed by atoms with E-state index in [9.17, 15) is 18.4 Å². The molecular weight excluding hydrogens is 304 g/mol. The van der Waals surface area contributed by atoms with Gasteiger partial charge in [0.1, 0.15) is 10.6 Å². The Kier molecular flexibility index (Phi) is 5.11. The lowest BCUT2D eigenvalue weighted by atomic mass is 9.93. The SMILES string of the molecule is O=C(O)CC1CCN(C(=O)c2sccc2OC(F)F)CC1. The van der Waals surface area contributed by atoms with E-state index >= 15 is 0 Å². The van der Waals surface area contributed by atoms with Crippen LogP contribution in [0.25, 0.3) is 0 Å². The second-order valence-corrected chi connectivity index (χ2v) is 5.74. The van der Waals surface area contributed by atoms with Crippen LogP contribution in [-0.4, -0.2) is 41.6 Å². The maximum absolute atomic E-state index is 12.3. The van der Waals surface area contributed by atoms with Crippen molar-refractivity contribution in [2.24, 2.45) is 5.92 Å². The summed E-state index contributed by atoms with van der Waals surface area (Å²) in [7, 11) is 0. The Balaban J connectivity index is 1.96. The first-order valence-electron chi connectivity index (χ1n) is 6.50. The molecule has 21 heavy (non-hydrogen) atoms. The van der Waals surface area contributed by atoms with Crippen LogP contribution in [0.5, 0.6) is 5.75 Å². The fraction of sp³-hybridized carbons (Fsp3) is 0.538. The Morgan fingerprint density at radius 2 is 2.10 bits per heavy atom. The predicted molar refractivity (Wildman–Crippen MR) is 71.8 cm³/mol. The molecule has 0 spiro atoms. The van der Waals surface area contributed by atoms with Crippen LogP contribution in [-0.2, 0) is 4.79 Å². The Morgan fingerprint density at radius 3 is 2.67 bits per heavy atom. The van der Waals surface area contributed by atoms with Gasteiger partial charge >= 0.3 is 12.6 Å². The highest BCUT2D eigenvalue weighted by Crippen LogP contribution is 2.30. The summed E-state index contributed by atoms with van der Waals surface area (Å²) in [6.07, 6.45) is 1.31. The monoisotopic (exact) mass is 319 g/mol. The lowest BCUT2D eigenvalue weighted by molar-refractivity contribution is -0.138. The molecule has 2 rings (SSSR count). The summed E-state index contributed by atoms with van der Waals surface area (Å²) in [5.41, 5.74) is 0. The minimum absolute atomic E-state index is 0.0617. The molecule has 1 aromatic rings. The van der Waals surface area contributed by atoms with Crippen LogP contribution in [0.4, 0.5) is 8.78 Å². The smallest absolute Gasteiger partial charge is 0.387 e. The third-order valence-electron chi connectivity index (χ3n) is 3.40. The van der Waals surface area contributed by atoms with Crippen molar-refractivity contribution in [3.63, 3.8) is 0 Å². The van der Waals surface area contributed by atoms with Gasteiger partial charge in [0.2, 0.25) is 0 Å². The topological polar surface area (TPSA) is 66.8 Å². The summed E-state index contributed by atoms with van der Waals surface area (Å²) in [5, 5.41) is 10.3. The van der Waals surface area contributed by atoms with Crippen LogP contribution in [0.3, 0.4) is 0 Å². The van der Waals surface area contributed by atoms with Crippen LogP contribution in [0.1, 0.15) is 28.9 Å². The summed E-state index contributed by atoms with van der Waals surface area (Å²) in [6, 6.07) is 1.35. The van der Waals surface area contributed by atoms with E-state index in [1.165, 1.54) is 11.4 Å². The molecule has 0 radical (unpaired) electrons. The van der Waals surface area contributed by atoms with Gasteiger partial charge in [-0.3, -0.25) is 9.59 Å². The summed E-state index contributed by atoms with van der Waals surface area (Å²) in [5.74, 6) is -1.22. The molecule has 1 aliphatic rings. The molecule has 1 aliphatic heterocycles. The average Bonchev–Trinajstić information content (AvgIpc) is 2.85. The van der Waals surface area contributed by atoms with E-state index in [2.05, 4.69) is 4.74 Å². The molecule has 1 saturated heterocycles. The van der Waals surface area contributed by atoms with Crippen molar-refractivity contribution in [1.29, 1.82) is 0 Å². The van der Waals surface area contributed by atoms with Crippen molar-refractivity contribution >= 4 is 23.2 Å². The zero-order valence-electron chi connectivity index (χ0n) is 11.1. The second-order valence-electron chi connectivity index (χ2n) is 4.83. The van der Waals surface area contributed by atoms with E-state index in [0.717, 1.165) is 11.3 Å². The second kappa shape index (κ2) is 6.84. The van der Waals surface area contributed by atoms with Gasteiger partial charge in [0.25, 0.3) is 5.91 Å². The molecule has 8 heteroatoms. The number of alkyl halides is 2. The van der Waals surface area contributed by atoms with Crippen molar-refractivity contribution < 1.29 is 28.2 Å². The van der Waals surface area contributed by atoms with Crippen LogP contribution < -0.4 is 4.74 Å². The molecule has 1 fully saturated rings. The highest BCUT2D eigenvalue weighted by molar-refractivity contribution is 7.12. The standard InChI is InChI=1S/C13H15F2NO4S/c14-13(15)20-9-3-6-21-11(9)12(19)16-4-1-8(2-5-16)7-10(17)18/h3,6,8,13H,1-2,4-5,7H2,(H,17,18). The number of likely N-dealkylation sites (tertiary alicyclic amines) is 1. The Morgan fingerprint density at radius 1 is 1.43 bits per heavy atom. The molecule has 0 aromatic carbocycles. The molecule has 5 nitrogen and oxygen atoms in total. The highest BCUT2D eigenvalue weighted by Gasteiger charge is 2.27. The maximum Gasteiger partial charge on any atom is 0.387 e. The van der Waals surface area contributed by atoms with E-state index in [1.807, 2.05) is 0 Å². The van der Waals surface area contributed by atoms with Crippen LogP contribution in [0, 0.1) is 5.92 Å². The van der Waals surface area contributed by atoms with Crippen molar-refractivity contribution in [3.8, 4) is 5.75 Å². The zero-order valence-corrected chi connectivity index (χ0v) is 11.9. The molecule has 0 bridgehead atoms. The van der Waals surface area contributed by atoms with Gasteiger partial charge in [0.05, 0.1) is 0 Å². The number of carboxylic acid groups (broad SMARTS) is 1. The Hall–Kier alpha value is -1.70. The van der Waals surface area contributed by atoms with Gasteiger partial charge in [-0.1, -0.05) is 0 Å². The minimum Gasteiger partial charge on any atom is -0.481 e. The molecule has 1 aromatic heterocycles. The number of halogens is 2. The third kappa shape index (κ3) is 4.13. The van der Waals surface area contributed by atoms with Gasteiger partial charge in [-0.25, -0.2) is 0 Å². The predicted octanol–water partition coefficient (Wildman–Crippen LogP) is 2.68. The van der Waals surface area contributed by atoms with Crippen LogP contribution >= 0.6 is 11.3 Å². The third-order valence-corrected chi connectivity index (χ3v) is 4.29. The molecule has 1 N–H and O–H groups in total. The first kappa shape index (κ1) is 15.7. The number of rotatable bonds is 5. The Bertz CT molecular complexity index is 512. The molecule has 116 valence electrons. The number of aliphatic carboxylic acids is 1. The molecule has 0 aliphatic carbocycles. The normalized spacial score (nSPS) is 16.2. The number of thiophene rings is 1. The van der Waals surface area contributed by atoms with E-state index in [-0.39, 0.29) is 28.9 Å². The van der Waals surface area contributed by atoms with E-state index in [1.54, 1.807) is 4.90 Å². The van der Waals surface area contributed by atoms with Gasteiger partial charge in [0.15, 0.2) is 0 Å². The maximum atomic E-state index is 12.3. The number of piperidine rings is 1. The van der Waals surface area contributed by atoms with E-state index in [4.69, 9.17) is 5.11 Å². The molecule has 0 atom stereocenters. The molecular formula is C13H15F2NO4S. The number of carboxylic acids is 1. The Labute approximate surface area is 124 Å². The molecule has 0 saturated carbocycles. The fourth-order valence-corrected chi connectivity index (χ4v) is 3.16. The molecule has 0 unspecified atom stereocenters. The van der Waals surface area contributed by atoms with Crippen LogP contribution in [0.15, 0.2) is 11.4 Å². The van der Waals surface area contributed by atoms with E-state index < -0.39 is 12.6 Å². The van der Waals surface area contributed by atoms with Crippen molar-refractivity contribution in [2.45, 2.75) is 25.9 Å². The lowest BCUT2D eigenvalue weighted by Gasteiger charge is -2.31. The summed E-state index contributed by atoms with van der Waals surface area (Å²) < 4.78 is 28.8. The van der Waals surface area contributed by atoms with Gasteiger partial charge < -0.3 is 14.7 Å². The number of hydrogen-bond acceptors (Lipinski definition) is 4. The molecule has 1 amide bonds. The van der Waals surface area contributed by atoms with Gasteiger partial charge in [-0.05, 0) is 30.2 Å². The van der Waals surface area contributed by atoms with Crippen molar-refractivity contribution in [1.82, 2.24) is 4.90 Å². The number of hydrogen-bond donors (Lipinski definition) is 1. The average molecular weight is 319 g/mol. The number of carbonyl (C=O) groups excluding carboxylic acids is 1. The zero-order chi connectivity index (χ0) is 15.4. The largest absolute Gasteiger partial charge is 0.481 e. The first-order valence-corrected chi connectivity index (χ1v) is 7.38. The van der Waals surface area contributed by atoms with Gasteiger partial charge in [-0.15, -0.1) is 11.3 Å². The summed E-state index contributed by atoms with van der Waals surface area (Å²) >= 11 is 1.06. The lowest BCUT2D eigenvalue weighted by Crippen LogP contribution is -2.38. The minimum atomic E-state index is -2.97. The number of ether oxygens (including phenoxy) is 1. The summed E-state index contributed by atoms with van der Waals surface area (Å²) in [6.45, 7) is -2.10. The van der Waals surface area contributed by atoms with Gasteiger partial charge in [-0.2, -0.15) is 8.78 Å². The van der Waals surface area contributed by atoms with Gasteiger partial charge in [0, 0.05) is 19.5 Å². The van der Waals surface area contributed by atoms with Crippen molar-refractivity contribution in [3.05, 3.63) is 16.3 Å². The van der Waals surface area contributed by atoms with Crippen molar-refractivity contribution in [2.75, 3.05) is 13.1 Å². The quantitative estimate of drug-likeness (QED) is 0.906. The summed E-state index contributed by atoms with van der Waals surface area (Å²) in [4.78, 5) is 24.7. The fourth-order valence-electron chi connectivity index (χ4n) is 2.37.